The van der Waals surface area contributed by atoms with Crippen LogP contribution in [-0.4, -0.2) is 24.4 Å². The number of hydrogen-bond donors (Lipinski definition) is 1. The van der Waals surface area contributed by atoms with Crippen LogP contribution in [0.25, 0.3) is 0 Å². The third-order valence-corrected chi connectivity index (χ3v) is 2.34. The summed E-state index contributed by atoms with van der Waals surface area (Å²) in [4.78, 5) is 4.11. The van der Waals surface area contributed by atoms with E-state index in [4.69, 9.17) is 11.6 Å². The van der Waals surface area contributed by atoms with E-state index >= 15 is 0 Å². The van der Waals surface area contributed by atoms with E-state index in [1.807, 2.05) is 35.6 Å². The largest absolute Gasteiger partial charge is 0.296 e. The van der Waals surface area contributed by atoms with Crippen molar-refractivity contribution in [3.8, 4) is 0 Å². The second kappa shape index (κ2) is 4.44. The second-order valence-corrected chi connectivity index (χ2v) is 3.61. The molecule has 0 spiro atoms. The molecule has 1 aliphatic heterocycles. The van der Waals surface area contributed by atoms with Crippen LogP contribution in [-0.2, 0) is 6.54 Å². The Kier molecular flexibility index (Phi) is 3.01. The number of rotatable bonds is 3. The summed E-state index contributed by atoms with van der Waals surface area (Å²) in [6.45, 7) is 2.64. The fourth-order valence-electron chi connectivity index (χ4n) is 1.29. The Bertz CT molecular complexity index is 321. The van der Waals surface area contributed by atoms with Gasteiger partial charge in [0, 0.05) is 11.6 Å². The minimum absolute atomic E-state index is 0.775. The van der Waals surface area contributed by atoms with Crippen LogP contribution in [0.3, 0.4) is 0 Å². The Labute approximate surface area is 88.4 Å². The van der Waals surface area contributed by atoms with Gasteiger partial charge in [-0.15, -0.1) is 0 Å². The third-order valence-electron chi connectivity index (χ3n) is 2.09. The van der Waals surface area contributed by atoms with Gasteiger partial charge in [0.1, 0.15) is 0 Å². The van der Waals surface area contributed by atoms with Gasteiger partial charge in [-0.25, -0.2) is 5.43 Å². The first-order valence-electron chi connectivity index (χ1n) is 4.59. The highest BCUT2D eigenvalue weighted by molar-refractivity contribution is 6.30. The lowest BCUT2D eigenvalue weighted by Gasteiger charge is -2.15. The van der Waals surface area contributed by atoms with Crippen LogP contribution < -0.4 is 5.43 Å². The van der Waals surface area contributed by atoms with Crippen molar-refractivity contribution in [3.63, 3.8) is 0 Å². The number of hydrazine groups is 1. The molecule has 3 nitrogen and oxygen atoms in total. The zero-order chi connectivity index (χ0) is 9.80. The predicted octanol–water partition coefficient (Wildman–Crippen LogP) is 1.69. The summed E-state index contributed by atoms with van der Waals surface area (Å²) >= 11 is 5.79. The molecule has 1 heterocycles. The smallest absolute Gasteiger partial charge is 0.0993 e. The first-order chi connectivity index (χ1) is 6.84. The van der Waals surface area contributed by atoms with Crippen LogP contribution in [0.2, 0.25) is 5.02 Å². The molecule has 2 rings (SSSR count). The van der Waals surface area contributed by atoms with Crippen molar-refractivity contribution in [2.45, 2.75) is 6.54 Å². The molecule has 0 fully saturated rings. The average molecular weight is 210 g/mol. The van der Waals surface area contributed by atoms with E-state index in [1.165, 1.54) is 5.56 Å². The van der Waals surface area contributed by atoms with Crippen LogP contribution in [0.5, 0.6) is 0 Å². The number of aliphatic imine (C=N–C) groups is 1. The standard InChI is InChI=1S/C10H12ClN3/c11-10-3-1-9(2-4-10)7-13-14-6-5-12-8-14/h1-4,8,13H,5-7H2. The first kappa shape index (κ1) is 9.49. The van der Waals surface area contributed by atoms with E-state index in [-0.39, 0.29) is 0 Å². The van der Waals surface area contributed by atoms with Crippen molar-refractivity contribution in [2.75, 3.05) is 13.1 Å². The molecule has 0 amide bonds. The maximum atomic E-state index is 5.79. The molecule has 1 N–H and O–H groups in total. The summed E-state index contributed by atoms with van der Waals surface area (Å²) in [5, 5.41) is 2.77. The van der Waals surface area contributed by atoms with E-state index in [2.05, 4.69) is 10.4 Å². The molecule has 0 saturated carbocycles. The minimum atomic E-state index is 0.775. The normalized spacial score (nSPS) is 15.1. The topological polar surface area (TPSA) is 27.6 Å². The molecule has 1 aromatic carbocycles. The molecular weight excluding hydrogens is 198 g/mol. The minimum Gasteiger partial charge on any atom is -0.296 e. The van der Waals surface area contributed by atoms with Gasteiger partial charge < -0.3 is 0 Å². The molecule has 0 aliphatic carbocycles. The number of nitrogens with zero attached hydrogens (tertiary/aromatic N) is 2. The van der Waals surface area contributed by atoms with Crippen LogP contribution in [0.1, 0.15) is 5.56 Å². The fraction of sp³-hybridized carbons (Fsp3) is 0.300. The number of nitrogens with one attached hydrogen (secondary N) is 1. The maximum absolute atomic E-state index is 5.79. The summed E-state index contributed by atoms with van der Waals surface area (Å²) in [6, 6.07) is 7.83. The Balaban J connectivity index is 1.85. The quantitative estimate of drug-likeness (QED) is 0.821. The molecule has 4 heteroatoms. The van der Waals surface area contributed by atoms with E-state index < -0.39 is 0 Å². The Morgan fingerprint density at radius 3 is 2.79 bits per heavy atom. The van der Waals surface area contributed by atoms with Gasteiger partial charge in [0.25, 0.3) is 0 Å². The lowest BCUT2D eigenvalue weighted by Crippen LogP contribution is -2.34. The molecule has 0 radical (unpaired) electrons. The van der Waals surface area contributed by atoms with Crippen LogP contribution >= 0.6 is 11.6 Å². The summed E-state index contributed by atoms with van der Waals surface area (Å²) < 4.78 is 0. The van der Waals surface area contributed by atoms with E-state index in [9.17, 15) is 0 Å². The SMILES string of the molecule is Clc1ccc(CNN2C=NCC2)cc1. The fourth-order valence-corrected chi connectivity index (χ4v) is 1.42. The van der Waals surface area contributed by atoms with Crippen molar-refractivity contribution < 1.29 is 0 Å². The summed E-state index contributed by atoms with van der Waals surface area (Å²) in [5.41, 5.74) is 4.48. The molecule has 0 saturated heterocycles. The van der Waals surface area contributed by atoms with Crippen molar-refractivity contribution in [1.29, 1.82) is 0 Å². The second-order valence-electron chi connectivity index (χ2n) is 3.18. The lowest BCUT2D eigenvalue weighted by atomic mass is 10.2. The van der Waals surface area contributed by atoms with Gasteiger partial charge in [-0.3, -0.25) is 10.0 Å². The zero-order valence-electron chi connectivity index (χ0n) is 7.78. The maximum Gasteiger partial charge on any atom is 0.0993 e. The van der Waals surface area contributed by atoms with Gasteiger partial charge in [0.2, 0.25) is 0 Å². The highest BCUT2D eigenvalue weighted by atomic mass is 35.5. The van der Waals surface area contributed by atoms with Gasteiger partial charge in [-0.05, 0) is 17.7 Å². The highest BCUT2D eigenvalue weighted by Gasteiger charge is 2.03. The molecule has 1 aliphatic rings. The third kappa shape index (κ3) is 2.47. The van der Waals surface area contributed by atoms with E-state index in [0.717, 1.165) is 24.7 Å². The first-order valence-corrected chi connectivity index (χ1v) is 4.97. The van der Waals surface area contributed by atoms with Gasteiger partial charge in [0.15, 0.2) is 0 Å². The van der Waals surface area contributed by atoms with E-state index in [0.29, 0.717) is 0 Å². The van der Waals surface area contributed by atoms with Gasteiger partial charge in [0.05, 0.1) is 19.4 Å². The Hall–Kier alpha value is -1.06. The molecule has 0 atom stereocenters. The number of benzene rings is 1. The summed E-state index contributed by atoms with van der Waals surface area (Å²) in [6.07, 6.45) is 1.83. The zero-order valence-corrected chi connectivity index (χ0v) is 8.54. The molecule has 0 aromatic heterocycles. The van der Waals surface area contributed by atoms with E-state index in [1.54, 1.807) is 0 Å². The van der Waals surface area contributed by atoms with Crippen LogP contribution in [0.15, 0.2) is 29.3 Å². The summed E-state index contributed by atoms with van der Waals surface area (Å²) in [7, 11) is 0. The van der Waals surface area contributed by atoms with Crippen LogP contribution in [0, 0.1) is 0 Å². The average Bonchev–Trinajstić information content (AvgIpc) is 2.70. The predicted molar refractivity (Wildman–Crippen MR) is 58.4 cm³/mol. The lowest BCUT2D eigenvalue weighted by molar-refractivity contribution is 0.338. The highest BCUT2D eigenvalue weighted by Crippen LogP contribution is 2.09. The number of hydrogen-bond acceptors (Lipinski definition) is 3. The molecule has 0 bridgehead atoms. The van der Waals surface area contributed by atoms with Crippen molar-refractivity contribution in [1.82, 2.24) is 10.4 Å². The number of halogens is 1. The van der Waals surface area contributed by atoms with Crippen molar-refractivity contribution >= 4 is 17.9 Å². The van der Waals surface area contributed by atoms with Gasteiger partial charge in [-0.1, -0.05) is 23.7 Å². The summed E-state index contributed by atoms with van der Waals surface area (Å²) in [5.74, 6) is 0. The Morgan fingerprint density at radius 2 is 2.14 bits per heavy atom. The molecule has 74 valence electrons. The molecule has 0 unspecified atom stereocenters. The van der Waals surface area contributed by atoms with Crippen molar-refractivity contribution in [2.24, 2.45) is 4.99 Å². The van der Waals surface area contributed by atoms with Gasteiger partial charge >= 0.3 is 0 Å². The Morgan fingerprint density at radius 1 is 1.36 bits per heavy atom. The monoisotopic (exact) mass is 209 g/mol. The molecular formula is C10H12ClN3. The molecule has 1 aromatic rings. The van der Waals surface area contributed by atoms with Crippen molar-refractivity contribution in [3.05, 3.63) is 34.9 Å². The van der Waals surface area contributed by atoms with Gasteiger partial charge in [-0.2, -0.15) is 0 Å². The molecule has 14 heavy (non-hydrogen) atoms. The van der Waals surface area contributed by atoms with Crippen LogP contribution in [0.4, 0.5) is 0 Å².